The smallest absolute Gasteiger partial charge is 0.126 e. The van der Waals surface area contributed by atoms with Crippen LogP contribution in [0.4, 0.5) is 0 Å². The van der Waals surface area contributed by atoms with Gasteiger partial charge in [-0.15, -0.1) is 0 Å². The number of hydrogen-bond acceptors (Lipinski definition) is 5. The molecular formula is C42H38O5. The van der Waals surface area contributed by atoms with Crippen molar-refractivity contribution in [1.29, 1.82) is 0 Å². The van der Waals surface area contributed by atoms with Gasteiger partial charge in [-0.3, -0.25) is 0 Å². The van der Waals surface area contributed by atoms with E-state index in [4.69, 9.17) is 23.7 Å². The molecule has 5 heteroatoms. The Kier molecular flexibility index (Phi) is 9.85. The van der Waals surface area contributed by atoms with Crippen LogP contribution >= 0.6 is 0 Å². The second kappa shape index (κ2) is 14.7. The van der Waals surface area contributed by atoms with Gasteiger partial charge in [0.15, 0.2) is 0 Å². The number of methoxy groups -OCH3 is 4. The molecule has 0 aliphatic carbocycles. The maximum atomic E-state index is 6.63. The van der Waals surface area contributed by atoms with E-state index in [9.17, 15) is 0 Å². The standard InChI is InChI=1S/C42H38O5/c1-43-37-23-9-5-17-31(37)33-21-13-15-29(41(33)35-19-7-11-25-39(35)45-3)27-47-28-30-16-14-22-34(32-18-6-10-24-38(32)44-2)42(30)36-20-8-12-26-40(36)46-4/h5-26H,27-28H2,1-4H3. The molecule has 236 valence electrons. The second-order valence-corrected chi connectivity index (χ2v) is 11.0. The predicted octanol–water partition coefficient (Wildman–Crippen LogP) is 10.1. The summed E-state index contributed by atoms with van der Waals surface area (Å²) in [5.41, 5.74) is 10.2. The molecule has 0 saturated carbocycles. The van der Waals surface area contributed by atoms with E-state index >= 15 is 0 Å². The van der Waals surface area contributed by atoms with Crippen LogP contribution in [-0.2, 0) is 18.0 Å². The highest BCUT2D eigenvalue weighted by molar-refractivity contribution is 5.91. The van der Waals surface area contributed by atoms with Gasteiger partial charge in [0, 0.05) is 22.3 Å². The van der Waals surface area contributed by atoms with E-state index in [1.54, 1.807) is 28.4 Å². The van der Waals surface area contributed by atoms with E-state index in [1.165, 1.54) is 0 Å². The van der Waals surface area contributed by atoms with Crippen LogP contribution < -0.4 is 18.9 Å². The first kappa shape index (κ1) is 31.5. The van der Waals surface area contributed by atoms with Crippen molar-refractivity contribution in [2.75, 3.05) is 28.4 Å². The van der Waals surface area contributed by atoms with Gasteiger partial charge in [-0.1, -0.05) is 109 Å². The summed E-state index contributed by atoms with van der Waals surface area (Å²) in [4.78, 5) is 0. The minimum atomic E-state index is 0.376. The lowest BCUT2D eigenvalue weighted by molar-refractivity contribution is 0.108. The number of hydrogen-bond donors (Lipinski definition) is 0. The molecule has 0 heterocycles. The van der Waals surface area contributed by atoms with Crippen molar-refractivity contribution in [3.8, 4) is 67.5 Å². The first-order valence-corrected chi connectivity index (χ1v) is 15.5. The maximum absolute atomic E-state index is 6.63. The van der Waals surface area contributed by atoms with Crippen LogP contribution in [0.15, 0.2) is 133 Å². The summed E-state index contributed by atoms with van der Waals surface area (Å²) in [6.07, 6.45) is 0. The van der Waals surface area contributed by atoms with Gasteiger partial charge in [0.05, 0.1) is 41.7 Å². The Bertz CT molecular complexity index is 1840. The van der Waals surface area contributed by atoms with Crippen LogP contribution in [0, 0.1) is 0 Å². The number of rotatable bonds is 12. The molecule has 0 aromatic heterocycles. The molecule has 0 saturated heterocycles. The van der Waals surface area contributed by atoms with Gasteiger partial charge < -0.3 is 23.7 Å². The SMILES string of the molecule is COc1ccccc1-c1cccc(COCc2cccc(-c3ccccc3OC)c2-c2ccccc2OC)c1-c1ccccc1OC. The number of benzene rings is 6. The first-order chi connectivity index (χ1) is 23.2. The minimum Gasteiger partial charge on any atom is -0.496 e. The molecule has 0 aliphatic heterocycles. The zero-order chi connectivity index (χ0) is 32.6. The molecule has 6 rings (SSSR count). The van der Waals surface area contributed by atoms with E-state index in [2.05, 4.69) is 60.7 Å². The summed E-state index contributed by atoms with van der Waals surface area (Å²) in [5.74, 6) is 3.19. The van der Waals surface area contributed by atoms with Crippen molar-refractivity contribution in [2.45, 2.75) is 13.2 Å². The number of para-hydroxylation sites is 4. The topological polar surface area (TPSA) is 46.2 Å². The lowest BCUT2D eigenvalue weighted by Gasteiger charge is -2.21. The van der Waals surface area contributed by atoms with Crippen molar-refractivity contribution in [2.24, 2.45) is 0 Å². The van der Waals surface area contributed by atoms with Crippen molar-refractivity contribution < 1.29 is 23.7 Å². The summed E-state index contributed by atoms with van der Waals surface area (Å²) in [6, 6.07) is 45.0. The molecule has 5 nitrogen and oxygen atoms in total. The zero-order valence-corrected chi connectivity index (χ0v) is 27.2. The molecule has 0 fully saturated rings. The summed E-state index contributed by atoms with van der Waals surface area (Å²) in [5, 5.41) is 0. The maximum Gasteiger partial charge on any atom is 0.126 e. The normalized spacial score (nSPS) is 10.8. The molecule has 0 bridgehead atoms. The molecule has 6 aromatic rings. The average Bonchev–Trinajstić information content (AvgIpc) is 3.14. The number of ether oxygens (including phenoxy) is 5. The van der Waals surface area contributed by atoms with Crippen molar-refractivity contribution in [1.82, 2.24) is 0 Å². The van der Waals surface area contributed by atoms with Gasteiger partial charge in [-0.25, -0.2) is 0 Å². The fourth-order valence-electron chi connectivity index (χ4n) is 6.23. The van der Waals surface area contributed by atoms with Crippen LogP contribution in [0.3, 0.4) is 0 Å². The lowest BCUT2D eigenvalue weighted by atomic mass is 9.89. The van der Waals surface area contributed by atoms with Crippen LogP contribution in [0.1, 0.15) is 11.1 Å². The second-order valence-electron chi connectivity index (χ2n) is 11.0. The molecule has 0 atom stereocenters. The van der Waals surface area contributed by atoms with E-state index in [-0.39, 0.29) is 0 Å². The molecule has 0 amide bonds. The fourth-order valence-corrected chi connectivity index (χ4v) is 6.23. The third kappa shape index (κ3) is 6.44. The molecule has 0 spiro atoms. The zero-order valence-electron chi connectivity index (χ0n) is 27.2. The highest BCUT2D eigenvalue weighted by Gasteiger charge is 2.21. The Balaban J connectivity index is 1.44. The van der Waals surface area contributed by atoms with Crippen molar-refractivity contribution in [3.05, 3.63) is 145 Å². The Morgan fingerprint density at radius 3 is 0.979 bits per heavy atom. The Hall–Kier alpha value is -5.52. The molecule has 0 unspecified atom stereocenters. The largest absolute Gasteiger partial charge is 0.496 e. The summed E-state index contributed by atoms with van der Waals surface area (Å²) >= 11 is 0. The summed E-state index contributed by atoms with van der Waals surface area (Å²) < 4.78 is 29.9. The molecule has 0 radical (unpaired) electrons. The quantitative estimate of drug-likeness (QED) is 0.136. The Morgan fingerprint density at radius 2 is 0.617 bits per heavy atom. The van der Waals surface area contributed by atoms with Gasteiger partial charge in [0.25, 0.3) is 0 Å². The van der Waals surface area contributed by atoms with Crippen LogP contribution in [0.25, 0.3) is 44.5 Å². The van der Waals surface area contributed by atoms with Gasteiger partial charge >= 0.3 is 0 Å². The van der Waals surface area contributed by atoms with Crippen LogP contribution in [0.5, 0.6) is 23.0 Å². The fraction of sp³-hybridized carbons (Fsp3) is 0.143. The van der Waals surface area contributed by atoms with E-state index in [0.29, 0.717) is 13.2 Å². The highest BCUT2D eigenvalue weighted by Crippen LogP contribution is 2.44. The summed E-state index contributed by atoms with van der Waals surface area (Å²) in [7, 11) is 6.81. The van der Waals surface area contributed by atoms with Crippen LogP contribution in [-0.4, -0.2) is 28.4 Å². The van der Waals surface area contributed by atoms with Crippen LogP contribution in [0.2, 0.25) is 0 Å². The Labute approximate surface area is 276 Å². The van der Waals surface area contributed by atoms with Gasteiger partial charge in [0.1, 0.15) is 23.0 Å². The van der Waals surface area contributed by atoms with E-state index in [0.717, 1.165) is 78.6 Å². The monoisotopic (exact) mass is 622 g/mol. The molecule has 0 N–H and O–H groups in total. The molecule has 6 aromatic carbocycles. The summed E-state index contributed by atoms with van der Waals surface area (Å²) in [6.45, 7) is 0.751. The average molecular weight is 623 g/mol. The van der Waals surface area contributed by atoms with Gasteiger partial charge in [0.2, 0.25) is 0 Å². The predicted molar refractivity (Wildman–Crippen MR) is 189 cm³/mol. The Morgan fingerprint density at radius 1 is 0.319 bits per heavy atom. The third-order valence-electron chi connectivity index (χ3n) is 8.36. The van der Waals surface area contributed by atoms with Gasteiger partial charge in [-0.05, 0) is 57.6 Å². The first-order valence-electron chi connectivity index (χ1n) is 15.5. The minimum absolute atomic E-state index is 0.376. The molecule has 47 heavy (non-hydrogen) atoms. The van der Waals surface area contributed by atoms with Gasteiger partial charge in [-0.2, -0.15) is 0 Å². The highest BCUT2D eigenvalue weighted by atomic mass is 16.5. The molecule has 0 aliphatic rings. The third-order valence-corrected chi connectivity index (χ3v) is 8.36. The van der Waals surface area contributed by atoms with E-state index < -0.39 is 0 Å². The van der Waals surface area contributed by atoms with Crippen molar-refractivity contribution in [3.63, 3.8) is 0 Å². The molecular weight excluding hydrogens is 584 g/mol. The lowest BCUT2D eigenvalue weighted by Crippen LogP contribution is -2.02. The van der Waals surface area contributed by atoms with E-state index in [1.807, 2.05) is 72.8 Å². The van der Waals surface area contributed by atoms with Crippen molar-refractivity contribution >= 4 is 0 Å².